The first-order valence-electron chi connectivity index (χ1n) is 2.75. The van der Waals surface area contributed by atoms with Crippen LogP contribution in [-0.2, 0) is 0 Å². The van der Waals surface area contributed by atoms with Crippen LogP contribution in [0.15, 0.2) is 24.3 Å². The van der Waals surface area contributed by atoms with Crippen molar-refractivity contribution in [1.29, 1.82) is 0 Å². The van der Waals surface area contributed by atoms with Crippen molar-refractivity contribution in [1.82, 2.24) is 0 Å². The van der Waals surface area contributed by atoms with Gasteiger partial charge in [0.25, 0.3) is 0 Å². The molecule has 0 bridgehead atoms. The van der Waals surface area contributed by atoms with Crippen molar-refractivity contribution in [2.24, 2.45) is 0 Å². The summed E-state index contributed by atoms with van der Waals surface area (Å²) in [5.74, 6) is -0.865. The van der Waals surface area contributed by atoms with Crippen LogP contribution in [0.3, 0.4) is 0 Å². The van der Waals surface area contributed by atoms with Crippen molar-refractivity contribution < 1.29 is 9.90 Å². The second kappa shape index (κ2) is 3.05. The van der Waals surface area contributed by atoms with E-state index in [0.717, 1.165) is 3.58 Å². The second-order valence-corrected chi connectivity index (χ2v) is 3.53. The normalized spacial score (nSPS) is 9.20. The minimum absolute atomic E-state index is 0.353. The fraction of sp³-hybridized carbons (Fsp3) is 0. The summed E-state index contributed by atoms with van der Waals surface area (Å²) in [7, 11) is 0. The van der Waals surface area contributed by atoms with Crippen LogP contribution in [0.4, 0.5) is 0 Å². The summed E-state index contributed by atoms with van der Waals surface area (Å²) in [5.41, 5.74) is 0.353. The van der Waals surface area contributed by atoms with Crippen molar-refractivity contribution in [3.05, 3.63) is 29.8 Å². The third kappa shape index (κ3) is 1.73. The van der Waals surface area contributed by atoms with Crippen molar-refractivity contribution in [2.75, 3.05) is 0 Å². The number of carboxylic acids is 1. The van der Waals surface area contributed by atoms with Gasteiger partial charge in [0.05, 0.1) is 0 Å². The van der Waals surface area contributed by atoms with Gasteiger partial charge in [-0.1, -0.05) is 0 Å². The van der Waals surface area contributed by atoms with E-state index in [-0.39, 0.29) is 0 Å². The Hall–Kier alpha value is -0.511. The second-order valence-electron chi connectivity index (χ2n) is 1.88. The SMILES string of the molecule is O=C(O)c1cc[c]([Sn+])cc1. The first kappa shape index (κ1) is 7.59. The van der Waals surface area contributed by atoms with Crippen LogP contribution >= 0.6 is 0 Å². The van der Waals surface area contributed by atoms with Crippen molar-refractivity contribution in [3.8, 4) is 0 Å². The summed E-state index contributed by atoms with van der Waals surface area (Å²) in [6.07, 6.45) is 0. The number of carboxylic acid groups (broad SMARTS) is 1. The van der Waals surface area contributed by atoms with Crippen LogP contribution in [0.25, 0.3) is 0 Å². The van der Waals surface area contributed by atoms with Gasteiger partial charge in [0.2, 0.25) is 0 Å². The monoisotopic (exact) mass is 241 g/mol. The molecule has 3 heteroatoms. The van der Waals surface area contributed by atoms with Gasteiger partial charge in [0, 0.05) is 0 Å². The summed E-state index contributed by atoms with van der Waals surface area (Å²) in [6, 6.07) is 6.88. The van der Waals surface area contributed by atoms with Gasteiger partial charge >= 0.3 is 71.8 Å². The van der Waals surface area contributed by atoms with Gasteiger partial charge in [0.1, 0.15) is 0 Å². The van der Waals surface area contributed by atoms with E-state index in [9.17, 15) is 4.79 Å². The molecule has 1 N–H and O–H groups in total. The van der Waals surface area contributed by atoms with Crippen LogP contribution in [0.2, 0.25) is 0 Å². The molecule has 1 aromatic rings. The number of hydrogen-bond acceptors (Lipinski definition) is 1. The Kier molecular flexibility index (Phi) is 2.32. The standard InChI is InChI=1S/C7H5O2.Sn/c8-7(9)6-4-2-1-3-5-6;/h2-5H,(H,8,9);/q;+1. The third-order valence-electron chi connectivity index (χ3n) is 1.13. The van der Waals surface area contributed by atoms with Gasteiger partial charge in [-0.15, -0.1) is 0 Å². The van der Waals surface area contributed by atoms with Crippen LogP contribution in [0, 0.1) is 0 Å². The Morgan fingerprint density at radius 1 is 1.30 bits per heavy atom. The van der Waals surface area contributed by atoms with Crippen molar-refractivity contribution in [2.45, 2.75) is 0 Å². The molecule has 48 valence electrons. The van der Waals surface area contributed by atoms with Crippen LogP contribution in [0.5, 0.6) is 0 Å². The zero-order valence-corrected chi connectivity index (χ0v) is 8.02. The molecular weight excluding hydrogens is 235 g/mol. The quantitative estimate of drug-likeness (QED) is 0.710. The van der Waals surface area contributed by atoms with Gasteiger partial charge in [0.15, 0.2) is 0 Å². The molecule has 0 saturated heterocycles. The predicted molar refractivity (Wildman–Crippen MR) is 38.8 cm³/mol. The number of benzene rings is 1. The van der Waals surface area contributed by atoms with E-state index in [2.05, 4.69) is 0 Å². The Morgan fingerprint density at radius 3 is 2.20 bits per heavy atom. The molecule has 0 amide bonds. The number of rotatable bonds is 1. The summed E-state index contributed by atoms with van der Waals surface area (Å²) in [6.45, 7) is 0. The van der Waals surface area contributed by atoms with Gasteiger partial charge in [-0.3, -0.25) is 0 Å². The summed E-state index contributed by atoms with van der Waals surface area (Å²) >= 11 is 1.31. The molecule has 0 fully saturated rings. The fourth-order valence-corrected chi connectivity index (χ4v) is 1.09. The maximum atomic E-state index is 10.3. The summed E-state index contributed by atoms with van der Waals surface area (Å²) in [4.78, 5) is 10.3. The number of carbonyl (C=O) groups is 1. The predicted octanol–water partition coefficient (Wildman–Crippen LogP) is 0.179. The first-order chi connectivity index (χ1) is 4.70. The Balaban J connectivity index is 3.00. The van der Waals surface area contributed by atoms with Crippen LogP contribution < -0.4 is 3.58 Å². The summed E-state index contributed by atoms with van der Waals surface area (Å²) < 4.78 is 1.16. The van der Waals surface area contributed by atoms with E-state index in [1.54, 1.807) is 12.1 Å². The van der Waals surface area contributed by atoms with E-state index < -0.39 is 5.97 Å². The number of aromatic carboxylic acids is 1. The topological polar surface area (TPSA) is 37.3 Å². The number of hydrogen-bond donors (Lipinski definition) is 1. The molecule has 0 unspecified atom stereocenters. The molecule has 0 aromatic heterocycles. The Morgan fingerprint density at radius 2 is 1.80 bits per heavy atom. The third-order valence-corrected chi connectivity index (χ3v) is 2.08. The van der Waals surface area contributed by atoms with Gasteiger partial charge in [-0.25, -0.2) is 0 Å². The van der Waals surface area contributed by atoms with Crippen molar-refractivity contribution in [3.63, 3.8) is 0 Å². The molecule has 2 radical (unpaired) electrons. The average Bonchev–Trinajstić information content (AvgIpc) is 1.88. The van der Waals surface area contributed by atoms with Crippen LogP contribution in [0.1, 0.15) is 10.4 Å². The van der Waals surface area contributed by atoms with Gasteiger partial charge in [-0.2, -0.15) is 0 Å². The molecule has 0 aliphatic heterocycles. The van der Waals surface area contributed by atoms with Crippen LogP contribution in [-0.4, -0.2) is 33.6 Å². The Labute approximate surface area is 72.0 Å². The molecule has 0 heterocycles. The van der Waals surface area contributed by atoms with E-state index in [0.29, 0.717) is 5.56 Å². The molecular formula is C7H5O2Sn+. The summed E-state index contributed by atoms with van der Waals surface area (Å²) in [5, 5.41) is 8.48. The maximum absolute atomic E-state index is 10.3. The molecule has 0 spiro atoms. The molecule has 0 aliphatic carbocycles. The van der Waals surface area contributed by atoms with Crippen molar-refractivity contribution >= 4 is 32.1 Å². The zero-order valence-electron chi connectivity index (χ0n) is 5.16. The Bertz CT molecular complexity index is 240. The van der Waals surface area contributed by atoms with E-state index in [1.807, 2.05) is 12.1 Å². The van der Waals surface area contributed by atoms with Gasteiger partial charge in [-0.05, 0) is 0 Å². The zero-order chi connectivity index (χ0) is 7.56. The molecule has 0 saturated carbocycles. The minimum atomic E-state index is -0.865. The van der Waals surface area contributed by atoms with Gasteiger partial charge < -0.3 is 0 Å². The van der Waals surface area contributed by atoms with E-state index >= 15 is 0 Å². The van der Waals surface area contributed by atoms with E-state index in [1.165, 1.54) is 22.5 Å². The molecule has 0 aliphatic rings. The fourth-order valence-electron chi connectivity index (χ4n) is 0.613. The molecule has 0 atom stereocenters. The average molecular weight is 240 g/mol. The first-order valence-corrected chi connectivity index (χ1v) is 4.18. The molecule has 2 nitrogen and oxygen atoms in total. The molecule has 1 rings (SSSR count). The molecule has 1 aromatic carbocycles. The van der Waals surface area contributed by atoms with E-state index in [4.69, 9.17) is 5.11 Å². The molecule has 10 heavy (non-hydrogen) atoms.